The van der Waals surface area contributed by atoms with Crippen molar-refractivity contribution in [3.05, 3.63) is 23.2 Å². The molecule has 0 radical (unpaired) electrons. The van der Waals surface area contributed by atoms with Crippen LogP contribution in [0.2, 0.25) is 0 Å². The van der Waals surface area contributed by atoms with Gasteiger partial charge in [-0.3, -0.25) is 0 Å². The third-order valence-corrected chi connectivity index (χ3v) is 2.91. The first kappa shape index (κ1) is 14.2. The van der Waals surface area contributed by atoms with E-state index in [1.807, 2.05) is 19.9 Å². The highest BCUT2D eigenvalue weighted by molar-refractivity contribution is 5.31. The number of rotatable bonds is 4. The molecule has 1 aliphatic rings. The molecule has 0 saturated carbocycles. The van der Waals surface area contributed by atoms with Crippen LogP contribution < -0.4 is 0 Å². The Hall–Kier alpha value is -0.900. The molecule has 0 aromatic heterocycles. The fourth-order valence-electron chi connectivity index (χ4n) is 2.15. The van der Waals surface area contributed by atoms with Crippen molar-refractivity contribution in [3.8, 4) is 0 Å². The third-order valence-electron chi connectivity index (χ3n) is 2.91. The maximum Gasteiger partial charge on any atom is 0.295 e. The summed E-state index contributed by atoms with van der Waals surface area (Å²) in [6.45, 7) is 6.80. The zero-order chi connectivity index (χ0) is 13.2. The molecular formula is C13H20F2O2. The second-order valence-electron chi connectivity index (χ2n) is 4.74. The van der Waals surface area contributed by atoms with Gasteiger partial charge in [-0.15, -0.1) is 0 Å². The first-order valence-electron chi connectivity index (χ1n) is 5.94. The van der Waals surface area contributed by atoms with Gasteiger partial charge in [-0.05, 0) is 26.3 Å². The lowest BCUT2D eigenvalue weighted by molar-refractivity contribution is 0.0623. The molecule has 0 amide bonds. The number of allylic oxidation sites excluding steroid dienone is 3. The summed E-state index contributed by atoms with van der Waals surface area (Å²) in [4.78, 5) is 0. The SMILES string of the molecule is CCC1=CC(CC)C(C(C)(C)O)=C(C(F)F)O1. The lowest BCUT2D eigenvalue weighted by atomic mass is 9.82. The predicted molar refractivity (Wildman–Crippen MR) is 62.6 cm³/mol. The average Bonchev–Trinajstić information content (AvgIpc) is 2.25. The second kappa shape index (κ2) is 5.17. The molecule has 0 aliphatic carbocycles. The van der Waals surface area contributed by atoms with Gasteiger partial charge in [-0.1, -0.05) is 13.8 Å². The van der Waals surface area contributed by atoms with Crippen molar-refractivity contribution in [2.24, 2.45) is 5.92 Å². The largest absolute Gasteiger partial charge is 0.460 e. The molecule has 4 heteroatoms. The standard InChI is InChI=1S/C13H20F2O2/c1-5-8-7-9(6-2)17-11(12(14)15)10(8)13(3,4)16/h7-8,12,16H,5-6H2,1-4H3. The summed E-state index contributed by atoms with van der Waals surface area (Å²) >= 11 is 0. The molecule has 17 heavy (non-hydrogen) atoms. The molecule has 1 heterocycles. The minimum atomic E-state index is -2.69. The molecule has 0 saturated heterocycles. The van der Waals surface area contributed by atoms with Crippen molar-refractivity contribution >= 4 is 0 Å². The van der Waals surface area contributed by atoms with E-state index in [-0.39, 0.29) is 11.7 Å². The van der Waals surface area contributed by atoms with Gasteiger partial charge in [0.2, 0.25) is 0 Å². The molecule has 1 N–H and O–H groups in total. The molecule has 2 nitrogen and oxygen atoms in total. The Bertz CT molecular complexity index is 338. The highest BCUT2D eigenvalue weighted by Crippen LogP contribution is 2.38. The van der Waals surface area contributed by atoms with E-state index in [1.165, 1.54) is 13.8 Å². The summed E-state index contributed by atoms with van der Waals surface area (Å²) in [5.41, 5.74) is -0.991. The van der Waals surface area contributed by atoms with Crippen LogP contribution in [0.25, 0.3) is 0 Å². The van der Waals surface area contributed by atoms with Gasteiger partial charge in [0, 0.05) is 17.9 Å². The summed E-state index contributed by atoms with van der Waals surface area (Å²) in [7, 11) is 0. The zero-order valence-corrected chi connectivity index (χ0v) is 10.8. The topological polar surface area (TPSA) is 29.5 Å². The van der Waals surface area contributed by atoms with Gasteiger partial charge >= 0.3 is 0 Å². The van der Waals surface area contributed by atoms with Crippen LogP contribution >= 0.6 is 0 Å². The molecular weight excluding hydrogens is 226 g/mol. The van der Waals surface area contributed by atoms with Gasteiger partial charge in [-0.25, -0.2) is 8.78 Å². The molecule has 1 unspecified atom stereocenters. The van der Waals surface area contributed by atoms with Crippen molar-refractivity contribution in [2.75, 3.05) is 0 Å². The van der Waals surface area contributed by atoms with Crippen LogP contribution in [0, 0.1) is 5.92 Å². The second-order valence-corrected chi connectivity index (χ2v) is 4.74. The fourth-order valence-corrected chi connectivity index (χ4v) is 2.15. The summed E-state index contributed by atoms with van der Waals surface area (Å²) in [5, 5.41) is 10.0. The van der Waals surface area contributed by atoms with Crippen LogP contribution in [-0.2, 0) is 4.74 Å². The quantitative estimate of drug-likeness (QED) is 0.820. The Morgan fingerprint density at radius 2 is 2.00 bits per heavy atom. The van der Waals surface area contributed by atoms with Gasteiger partial charge in [0.05, 0.1) is 5.60 Å². The fraction of sp³-hybridized carbons (Fsp3) is 0.692. The first-order chi connectivity index (χ1) is 7.81. The van der Waals surface area contributed by atoms with Crippen LogP contribution in [0.15, 0.2) is 23.2 Å². The van der Waals surface area contributed by atoms with E-state index in [4.69, 9.17) is 4.74 Å². The molecule has 0 bridgehead atoms. The molecule has 0 fully saturated rings. The van der Waals surface area contributed by atoms with Crippen LogP contribution in [0.4, 0.5) is 8.78 Å². The smallest absolute Gasteiger partial charge is 0.295 e. The van der Waals surface area contributed by atoms with Crippen LogP contribution in [0.1, 0.15) is 40.5 Å². The number of hydrogen-bond acceptors (Lipinski definition) is 2. The molecule has 0 aromatic carbocycles. The van der Waals surface area contributed by atoms with Crippen LogP contribution in [-0.4, -0.2) is 17.1 Å². The Morgan fingerprint density at radius 3 is 2.35 bits per heavy atom. The maximum absolute atomic E-state index is 13.0. The third kappa shape index (κ3) is 3.06. The molecule has 0 spiro atoms. The molecule has 1 atom stereocenters. The lowest BCUT2D eigenvalue weighted by Crippen LogP contribution is -2.32. The van der Waals surface area contributed by atoms with E-state index in [0.29, 0.717) is 24.2 Å². The number of ether oxygens (including phenoxy) is 1. The van der Waals surface area contributed by atoms with Gasteiger partial charge in [0.1, 0.15) is 5.76 Å². The molecule has 0 aromatic rings. The Balaban J connectivity index is 3.23. The highest BCUT2D eigenvalue weighted by Gasteiger charge is 2.36. The van der Waals surface area contributed by atoms with E-state index >= 15 is 0 Å². The van der Waals surface area contributed by atoms with E-state index in [9.17, 15) is 13.9 Å². The Morgan fingerprint density at radius 1 is 1.41 bits per heavy atom. The molecule has 1 rings (SSSR count). The van der Waals surface area contributed by atoms with Gasteiger partial charge < -0.3 is 9.84 Å². The molecule has 98 valence electrons. The van der Waals surface area contributed by atoms with Crippen molar-refractivity contribution in [3.63, 3.8) is 0 Å². The van der Waals surface area contributed by atoms with E-state index in [1.54, 1.807) is 0 Å². The van der Waals surface area contributed by atoms with Gasteiger partial charge in [0.25, 0.3) is 6.43 Å². The van der Waals surface area contributed by atoms with Crippen molar-refractivity contribution in [2.45, 2.75) is 52.6 Å². The number of alkyl halides is 2. The van der Waals surface area contributed by atoms with Crippen molar-refractivity contribution < 1.29 is 18.6 Å². The molecule has 1 aliphatic heterocycles. The van der Waals surface area contributed by atoms with Gasteiger partial charge in [-0.2, -0.15) is 0 Å². The summed E-state index contributed by atoms with van der Waals surface area (Å²) in [6.07, 6.45) is 0.383. The normalized spacial score (nSPS) is 21.6. The van der Waals surface area contributed by atoms with Crippen LogP contribution in [0.3, 0.4) is 0 Å². The average molecular weight is 246 g/mol. The highest BCUT2D eigenvalue weighted by atomic mass is 19.3. The predicted octanol–water partition coefficient (Wildman–Crippen LogP) is 3.63. The number of halogens is 2. The number of hydrogen-bond donors (Lipinski definition) is 1. The monoisotopic (exact) mass is 246 g/mol. The van der Waals surface area contributed by atoms with E-state index in [2.05, 4.69) is 0 Å². The van der Waals surface area contributed by atoms with Crippen molar-refractivity contribution in [1.82, 2.24) is 0 Å². The summed E-state index contributed by atoms with van der Waals surface area (Å²) < 4.78 is 31.2. The minimum Gasteiger partial charge on any atom is -0.460 e. The Labute approximate surface area is 101 Å². The first-order valence-corrected chi connectivity index (χ1v) is 5.94. The Kier molecular flexibility index (Phi) is 4.31. The zero-order valence-electron chi connectivity index (χ0n) is 10.8. The van der Waals surface area contributed by atoms with E-state index in [0.717, 1.165) is 0 Å². The maximum atomic E-state index is 13.0. The lowest BCUT2D eigenvalue weighted by Gasteiger charge is -2.33. The number of aliphatic hydroxyl groups is 1. The van der Waals surface area contributed by atoms with Gasteiger partial charge in [0.15, 0.2) is 5.76 Å². The summed E-state index contributed by atoms with van der Waals surface area (Å²) in [5.74, 6) is 0.00606. The van der Waals surface area contributed by atoms with Crippen molar-refractivity contribution in [1.29, 1.82) is 0 Å². The van der Waals surface area contributed by atoms with Crippen LogP contribution in [0.5, 0.6) is 0 Å². The summed E-state index contributed by atoms with van der Waals surface area (Å²) in [6, 6.07) is 0. The minimum absolute atomic E-state index is 0.178. The van der Waals surface area contributed by atoms with E-state index < -0.39 is 12.0 Å².